The fourth-order valence-electron chi connectivity index (χ4n) is 3.14. The van der Waals surface area contributed by atoms with Gasteiger partial charge in [0.05, 0.1) is 9.79 Å². The first-order valence-electron chi connectivity index (χ1n) is 7.33. The van der Waals surface area contributed by atoms with E-state index in [9.17, 15) is 16.8 Å². The van der Waals surface area contributed by atoms with Gasteiger partial charge in [-0.05, 0) is 43.5 Å². The van der Waals surface area contributed by atoms with Crippen molar-refractivity contribution in [2.45, 2.75) is 41.1 Å². The lowest BCUT2D eigenvalue weighted by Gasteiger charge is -2.23. The molecular weight excluding hydrogens is 324 g/mol. The fourth-order valence-corrected chi connectivity index (χ4v) is 5.27. The third-order valence-corrected chi connectivity index (χ3v) is 7.38. The van der Waals surface area contributed by atoms with Crippen LogP contribution in [0.5, 0.6) is 0 Å². The van der Waals surface area contributed by atoms with Crippen LogP contribution in [0.15, 0.2) is 34.1 Å². The van der Waals surface area contributed by atoms with E-state index in [4.69, 9.17) is 0 Å². The van der Waals surface area contributed by atoms with Gasteiger partial charge in [0, 0.05) is 31.4 Å². The standard InChI is InChI=1S/C14H20N2O4S2/c1-21(17,18)13-4-6-14(7-5-13)22(19,20)16-9-8-11-2-3-12(10-16)15-11/h4-7,11-12,15H,2-3,8-10H2,1H3. The number of sulfonamides is 1. The Morgan fingerprint density at radius 1 is 0.955 bits per heavy atom. The Morgan fingerprint density at radius 3 is 2.18 bits per heavy atom. The molecule has 122 valence electrons. The van der Waals surface area contributed by atoms with E-state index in [-0.39, 0.29) is 15.8 Å². The maximum atomic E-state index is 12.7. The van der Waals surface area contributed by atoms with E-state index in [2.05, 4.69) is 5.32 Å². The van der Waals surface area contributed by atoms with Crippen LogP contribution in [-0.4, -0.2) is 52.6 Å². The smallest absolute Gasteiger partial charge is 0.243 e. The Balaban J connectivity index is 1.86. The van der Waals surface area contributed by atoms with E-state index in [0.717, 1.165) is 25.5 Å². The molecule has 2 bridgehead atoms. The maximum absolute atomic E-state index is 12.7. The van der Waals surface area contributed by atoms with Gasteiger partial charge in [-0.2, -0.15) is 4.31 Å². The lowest BCUT2D eigenvalue weighted by Crippen LogP contribution is -2.39. The van der Waals surface area contributed by atoms with Crippen LogP contribution < -0.4 is 5.32 Å². The maximum Gasteiger partial charge on any atom is 0.243 e. The molecule has 2 heterocycles. The van der Waals surface area contributed by atoms with Crippen LogP contribution in [0.4, 0.5) is 0 Å². The Morgan fingerprint density at radius 2 is 1.55 bits per heavy atom. The SMILES string of the molecule is CS(=O)(=O)c1ccc(S(=O)(=O)N2CCC3CCC(C2)N3)cc1. The van der Waals surface area contributed by atoms with E-state index >= 15 is 0 Å². The minimum Gasteiger partial charge on any atom is -0.310 e. The first kappa shape index (κ1) is 15.9. The van der Waals surface area contributed by atoms with Gasteiger partial charge in [-0.25, -0.2) is 16.8 Å². The van der Waals surface area contributed by atoms with Gasteiger partial charge in [-0.3, -0.25) is 0 Å². The van der Waals surface area contributed by atoms with Crippen LogP contribution in [-0.2, 0) is 19.9 Å². The summed E-state index contributed by atoms with van der Waals surface area (Å²) in [6.45, 7) is 0.983. The number of sulfone groups is 1. The lowest BCUT2D eigenvalue weighted by molar-refractivity contribution is 0.383. The number of fused-ring (bicyclic) bond motifs is 2. The van der Waals surface area contributed by atoms with E-state index in [1.807, 2.05) is 0 Å². The summed E-state index contributed by atoms with van der Waals surface area (Å²) >= 11 is 0. The molecule has 0 amide bonds. The normalized spacial score (nSPS) is 26.8. The molecule has 3 rings (SSSR count). The summed E-state index contributed by atoms with van der Waals surface area (Å²) in [4.78, 5) is 0.278. The highest BCUT2D eigenvalue weighted by atomic mass is 32.2. The van der Waals surface area contributed by atoms with Crippen molar-refractivity contribution in [2.24, 2.45) is 0 Å². The fraction of sp³-hybridized carbons (Fsp3) is 0.571. The zero-order valence-electron chi connectivity index (χ0n) is 12.4. The number of benzene rings is 1. The molecule has 2 atom stereocenters. The quantitative estimate of drug-likeness (QED) is 0.868. The van der Waals surface area contributed by atoms with Gasteiger partial charge in [0.1, 0.15) is 0 Å². The van der Waals surface area contributed by atoms with Crippen molar-refractivity contribution in [3.05, 3.63) is 24.3 Å². The monoisotopic (exact) mass is 344 g/mol. The molecule has 22 heavy (non-hydrogen) atoms. The number of nitrogens with one attached hydrogen (secondary N) is 1. The van der Waals surface area contributed by atoms with E-state index in [0.29, 0.717) is 19.1 Å². The molecule has 0 aromatic heterocycles. The van der Waals surface area contributed by atoms with Crippen LogP contribution in [0.25, 0.3) is 0 Å². The Bertz CT molecular complexity index is 757. The molecule has 1 N–H and O–H groups in total. The molecule has 0 radical (unpaired) electrons. The van der Waals surface area contributed by atoms with Crippen LogP contribution >= 0.6 is 0 Å². The minimum absolute atomic E-state index is 0.128. The molecule has 0 aliphatic carbocycles. The molecule has 8 heteroatoms. The molecule has 2 saturated heterocycles. The third-order valence-electron chi connectivity index (χ3n) is 4.38. The van der Waals surface area contributed by atoms with Crippen LogP contribution in [0.1, 0.15) is 19.3 Å². The van der Waals surface area contributed by atoms with Crippen LogP contribution in [0.2, 0.25) is 0 Å². The summed E-state index contributed by atoms with van der Waals surface area (Å²) in [7, 11) is -6.89. The number of hydrogen-bond acceptors (Lipinski definition) is 5. The predicted molar refractivity (Wildman–Crippen MR) is 82.9 cm³/mol. The zero-order valence-corrected chi connectivity index (χ0v) is 14.0. The molecular formula is C14H20N2O4S2. The van der Waals surface area contributed by atoms with Crippen LogP contribution in [0.3, 0.4) is 0 Å². The van der Waals surface area contributed by atoms with Crippen molar-refractivity contribution in [1.82, 2.24) is 9.62 Å². The zero-order chi connectivity index (χ0) is 16.0. The van der Waals surface area contributed by atoms with Crippen molar-refractivity contribution in [3.8, 4) is 0 Å². The van der Waals surface area contributed by atoms with Crippen LogP contribution in [0, 0.1) is 0 Å². The van der Waals surface area contributed by atoms with E-state index in [1.54, 1.807) is 0 Å². The Labute approximate surface area is 131 Å². The van der Waals surface area contributed by atoms with Gasteiger partial charge in [0.25, 0.3) is 0 Å². The molecule has 0 spiro atoms. The predicted octanol–water partition coefficient (Wildman–Crippen LogP) is 0.605. The average molecular weight is 344 g/mol. The highest BCUT2D eigenvalue weighted by molar-refractivity contribution is 7.90. The third kappa shape index (κ3) is 3.05. The van der Waals surface area contributed by atoms with E-state index < -0.39 is 19.9 Å². The minimum atomic E-state index is -3.57. The van der Waals surface area contributed by atoms with Gasteiger partial charge in [-0.1, -0.05) is 0 Å². The highest BCUT2D eigenvalue weighted by Gasteiger charge is 2.34. The van der Waals surface area contributed by atoms with E-state index in [1.165, 1.54) is 28.6 Å². The van der Waals surface area contributed by atoms with Crippen molar-refractivity contribution < 1.29 is 16.8 Å². The molecule has 1 aromatic rings. The molecule has 0 saturated carbocycles. The second-order valence-electron chi connectivity index (χ2n) is 6.03. The lowest BCUT2D eigenvalue weighted by atomic mass is 10.1. The Kier molecular flexibility index (Phi) is 4.05. The summed E-state index contributed by atoms with van der Waals surface area (Å²) in [6.07, 6.45) is 4.04. The average Bonchev–Trinajstić information content (AvgIpc) is 2.77. The van der Waals surface area contributed by atoms with Crippen molar-refractivity contribution >= 4 is 19.9 Å². The second-order valence-corrected chi connectivity index (χ2v) is 9.99. The van der Waals surface area contributed by atoms with Gasteiger partial charge < -0.3 is 5.32 Å². The van der Waals surface area contributed by atoms with Crippen molar-refractivity contribution in [2.75, 3.05) is 19.3 Å². The van der Waals surface area contributed by atoms with Gasteiger partial charge in [0.2, 0.25) is 10.0 Å². The number of rotatable bonds is 3. The summed E-state index contributed by atoms with van der Waals surface area (Å²) in [5.74, 6) is 0. The first-order valence-corrected chi connectivity index (χ1v) is 10.7. The van der Waals surface area contributed by atoms with Gasteiger partial charge in [-0.15, -0.1) is 0 Å². The largest absolute Gasteiger partial charge is 0.310 e. The summed E-state index contributed by atoms with van der Waals surface area (Å²) in [6, 6.07) is 6.09. The second kappa shape index (κ2) is 5.59. The topological polar surface area (TPSA) is 83.5 Å². The molecule has 1 aromatic carbocycles. The number of nitrogens with zero attached hydrogens (tertiary/aromatic N) is 1. The molecule has 2 aliphatic rings. The molecule has 2 aliphatic heterocycles. The van der Waals surface area contributed by atoms with Crippen molar-refractivity contribution in [1.29, 1.82) is 0 Å². The van der Waals surface area contributed by atoms with Gasteiger partial charge >= 0.3 is 0 Å². The molecule has 2 unspecified atom stereocenters. The van der Waals surface area contributed by atoms with Gasteiger partial charge in [0.15, 0.2) is 9.84 Å². The summed E-state index contributed by atoms with van der Waals surface area (Å²) in [5.41, 5.74) is 0. The Hall–Kier alpha value is -0.960. The molecule has 2 fully saturated rings. The number of hydrogen-bond donors (Lipinski definition) is 1. The first-order chi connectivity index (χ1) is 10.3. The molecule has 6 nitrogen and oxygen atoms in total. The van der Waals surface area contributed by atoms with Crippen molar-refractivity contribution in [3.63, 3.8) is 0 Å². The summed E-state index contributed by atoms with van der Waals surface area (Å²) < 4.78 is 49.9. The summed E-state index contributed by atoms with van der Waals surface area (Å²) in [5, 5.41) is 3.45. The highest BCUT2D eigenvalue weighted by Crippen LogP contribution is 2.25.